The maximum atomic E-state index is 12.4. The second-order valence-corrected chi connectivity index (χ2v) is 5.90. The lowest BCUT2D eigenvalue weighted by molar-refractivity contribution is -0.140. The molecular weight excluding hydrogens is 288 g/mol. The van der Waals surface area contributed by atoms with Crippen molar-refractivity contribution in [2.75, 3.05) is 26.2 Å². The Hall–Kier alpha value is -1.10. The third-order valence-electron chi connectivity index (χ3n) is 4.03. The van der Waals surface area contributed by atoms with E-state index in [4.69, 9.17) is 22.1 Å². The Balaban J connectivity index is 1.97. The topological polar surface area (TPSA) is 55.6 Å². The summed E-state index contributed by atoms with van der Waals surface area (Å²) in [5.74, 6) is 0.448. The minimum Gasteiger partial charge on any atom is -0.370 e. The van der Waals surface area contributed by atoms with E-state index in [0.717, 1.165) is 12.0 Å². The summed E-state index contributed by atoms with van der Waals surface area (Å²) in [6.07, 6.45) is 1.39. The first-order valence-electron chi connectivity index (χ1n) is 7.49. The van der Waals surface area contributed by atoms with Crippen LogP contribution in [0.5, 0.6) is 0 Å². The molecule has 1 aromatic rings. The quantitative estimate of drug-likeness (QED) is 0.909. The summed E-state index contributed by atoms with van der Waals surface area (Å²) in [5.41, 5.74) is 6.74. The van der Waals surface area contributed by atoms with Gasteiger partial charge in [0.1, 0.15) is 6.10 Å². The Labute approximate surface area is 131 Å². The molecule has 2 N–H and O–H groups in total. The molecule has 0 aliphatic carbocycles. The summed E-state index contributed by atoms with van der Waals surface area (Å²) in [5, 5.41) is 0.705. The number of carbonyl (C=O) groups excluding carboxylic acids is 1. The second-order valence-electron chi connectivity index (χ2n) is 5.46. The van der Waals surface area contributed by atoms with E-state index in [0.29, 0.717) is 37.7 Å². The number of nitrogens with zero attached hydrogens (tertiary/aromatic N) is 1. The SMILES string of the molecule is CCC(CN)CC(=O)N1CCOC(c2ccc(Cl)cc2)C1. The minimum absolute atomic E-state index is 0.0714. The van der Waals surface area contributed by atoms with Gasteiger partial charge < -0.3 is 15.4 Å². The van der Waals surface area contributed by atoms with E-state index < -0.39 is 0 Å². The molecule has 0 bridgehead atoms. The molecule has 4 nitrogen and oxygen atoms in total. The average molecular weight is 311 g/mol. The molecule has 1 heterocycles. The van der Waals surface area contributed by atoms with Crippen molar-refractivity contribution < 1.29 is 9.53 Å². The molecule has 1 aliphatic rings. The van der Waals surface area contributed by atoms with Crippen molar-refractivity contribution >= 4 is 17.5 Å². The molecule has 116 valence electrons. The normalized spacial score (nSPS) is 20.3. The minimum atomic E-state index is -0.0714. The highest BCUT2D eigenvalue weighted by atomic mass is 35.5. The lowest BCUT2D eigenvalue weighted by Gasteiger charge is -2.34. The van der Waals surface area contributed by atoms with Crippen LogP contribution in [-0.4, -0.2) is 37.0 Å². The fourth-order valence-corrected chi connectivity index (χ4v) is 2.65. The number of benzene rings is 1. The predicted octanol–water partition coefficient (Wildman–Crippen LogP) is 2.61. The van der Waals surface area contributed by atoms with E-state index in [1.54, 1.807) is 0 Å². The number of hydrogen-bond acceptors (Lipinski definition) is 3. The van der Waals surface area contributed by atoms with Crippen LogP contribution >= 0.6 is 11.6 Å². The van der Waals surface area contributed by atoms with E-state index in [1.165, 1.54) is 0 Å². The van der Waals surface area contributed by atoms with Crippen molar-refractivity contribution in [1.29, 1.82) is 0 Å². The van der Waals surface area contributed by atoms with Gasteiger partial charge in [-0.1, -0.05) is 37.1 Å². The van der Waals surface area contributed by atoms with E-state index >= 15 is 0 Å². The van der Waals surface area contributed by atoms with E-state index in [-0.39, 0.29) is 17.9 Å². The van der Waals surface area contributed by atoms with Crippen LogP contribution in [0.4, 0.5) is 0 Å². The van der Waals surface area contributed by atoms with E-state index in [1.807, 2.05) is 29.2 Å². The fraction of sp³-hybridized carbons (Fsp3) is 0.562. The zero-order valence-electron chi connectivity index (χ0n) is 12.4. The molecule has 0 aromatic heterocycles. The molecule has 1 saturated heterocycles. The molecule has 0 saturated carbocycles. The fourth-order valence-electron chi connectivity index (χ4n) is 2.53. The van der Waals surface area contributed by atoms with Gasteiger partial charge in [-0.25, -0.2) is 0 Å². The summed E-state index contributed by atoms with van der Waals surface area (Å²) >= 11 is 5.90. The number of rotatable bonds is 5. The number of amides is 1. The van der Waals surface area contributed by atoms with Crippen LogP contribution in [0, 0.1) is 5.92 Å². The number of carbonyl (C=O) groups is 1. The van der Waals surface area contributed by atoms with E-state index in [9.17, 15) is 4.79 Å². The third-order valence-corrected chi connectivity index (χ3v) is 4.29. The molecule has 21 heavy (non-hydrogen) atoms. The first-order valence-corrected chi connectivity index (χ1v) is 7.86. The largest absolute Gasteiger partial charge is 0.370 e. The molecule has 5 heteroatoms. The Morgan fingerprint density at radius 1 is 1.48 bits per heavy atom. The Kier molecular flexibility index (Phi) is 6.03. The van der Waals surface area contributed by atoms with Crippen molar-refractivity contribution in [3.8, 4) is 0 Å². The van der Waals surface area contributed by atoms with Gasteiger partial charge in [0.2, 0.25) is 5.91 Å². The first kappa shape index (κ1) is 16.3. The highest BCUT2D eigenvalue weighted by Crippen LogP contribution is 2.24. The molecule has 1 amide bonds. The van der Waals surface area contributed by atoms with Crippen LogP contribution < -0.4 is 5.73 Å². The van der Waals surface area contributed by atoms with Gasteiger partial charge in [-0.05, 0) is 30.2 Å². The maximum absolute atomic E-state index is 12.4. The standard InChI is InChI=1S/C16H23ClN2O2/c1-2-12(10-18)9-16(20)19-7-8-21-15(11-19)13-3-5-14(17)6-4-13/h3-6,12,15H,2,7-11,18H2,1H3. The number of hydrogen-bond donors (Lipinski definition) is 1. The predicted molar refractivity (Wildman–Crippen MR) is 84.2 cm³/mol. The van der Waals surface area contributed by atoms with Crippen molar-refractivity contribution in [2.24, 2.45) is 11.7 Å². The van der Waals surface area contributed by atoms with E-state index in [2.05, 4.69) is 6.92 Å². The summed E-state index contributed by atoms with van der Waals surface area (Å²) in [6, 6.07) is 7.61. The third kappa shape index (κ3) is 4.43. The summed E-state index contributed by atoms with van der Waals surface area (Å²) in [7, 11) is 0. The average Bonchev–Trinajstić information content (AvgIpc) is 2.53. The van der Waals surface area contributed by atoms with Crippen LogP contribution in [-0.2, 0) is 9.53 Å². The molecular formula is C16H23ClN2O2. The smallest absolute Gasteiger partial charge is 0.223 e. The van der Waals surface area contributed by atoms with Crippen LogP contribution in [0.2, 0.25) is 5.02 Å². The van der Waals surface area contributed by atoms with Crippen molar-refractivity contribution in [2.45, 2.75) is 25.9 Å². The number of halogens is 1. The molecule has 2 atom stereocenters. The van der Waals surface area contributed by atoms with Crippen LogP contribution in [0.3, 0.4) is 0 Å². The lowest BCUT2D eigenvalue weighted by Crippen LogP contribution is -2.43. The first-order chi connectivity index (χ1) is 10.1. The second kappa shape index (κ2) is 7.78. The molecule has 1 aromatic carbocycles. The number of ether oxygens (including phenoxy) is 1. The zero-order chi connectivity index (χ0) is 15.2. The maximum Gasteiger partial charge on any atom is 0.223 e. The Morgan fingerprint density at radius 3 is 2.81 bits per heavy atom. The van der Waals surface area contributed by atoms with Gasteiger partial charge in [0.25, 0.3) is 0 Å². The van der Waals surface area contributed by atoms with Crippen molar-refractivity contribution in [3.63, 3.8) is 0 Å². The summed E-state index contributed by atoms with van der Waals surface area (Å²) in [6.45, 7) is 4.46. The molecule has 2 rings (SSSR count). The molecule has 0 radical (unpaired) electrons. The summed E-state index contributed by atoms with van der Waals surface area (Å²) in [4.78, 5) is 14.2. The Bertz CT molecular complexity index is 460. The van der Waals surface area contributed by atoms with Gasteiger partial charge in [-0.2, -0.15) is 0 Å². The molecule has 0 spiro atoms. The van der Waals surface area contributed by atoms with Crippen LogP contribution in [0.1, 0.15) is 31.4 Å². The monoisotopic (exact) mass is 310 g/mol. The van der Waals surface area contributed by atoms with Gasteiger partial charge >= 0.3 is 0 Å². The highest BCUT2D eigenvalue weighted by molar-refractivity contribution is 6.30. The highest BCUT2D eigenvalue weighted by Gasteiger charge is 2.26. The summed E-state index contributed by atoms with van der Waals surface area (Å²) < 4.78 is 5.78. The zero-order valence-corrected chi connectivity index (χ0v) is 13.2. The van der Waals surface area contributed by atoms with Gasteiger partial charge in [0, 0.05) is 18.0 Å². The lowest BCUT2D eigenvalue weighted by atomic mass is 10.0. The van der Waals surface area contributed by atoms with Crippen LogP contribution in [0.25, 0.3) is 0 Å². The molecule has 2 unspecified atom stereocenters. The number of morpholine rings is 1. The van der Waals surface area contributed by atoms with Gasteiger partial charge in [0.05, 0.1) is 13.2 Å². The molecule has 1 fully saturated rings. The molecule has 1 aliphatic heterocycles. The van der Waals surface area contributed by atoms with Crippen molar-refractivity contribution in [3.05, 3.63) is 34.9 Å². The number of nitrogens with two attached hydrogens (primary N) is 1. The van der Waals surface area contributed by atoms with Gasteiger partial charge in [0.15, 0.2) is 0 Å². The van der Waals surface area contributed by atoms with Gasteiger partial charge in [-0.3, -0.25) is 4.79 Å². The van der Waals surface area contributed by atoms with Gasteiger partial charge in [-0.15, -0.1) is 0 Å². The van der Waals surface area contributed by atoms with Crippen molar-refractivity contribution in [1.82, 2.24) is 4.90 Å². The Morgan fingerprint density at radius 2 is 2.19 bits per heavy atom. The van der Waals surface area contributed by atoms with Crippen LogP contribution in [0.15, 0.2) is 24.3 Å².